The minimum Gasteiger partial charge on any atom is -0.351 e. The summed E-state index contributed by atoms with van der Waals surface area (Å²) >= 11 is 0. The molecule has 2 N–H and O–H groups in total. The van der Waals surface area contributed by atoms with E-state index in [0.717, 1.165) is 0 Å². The molecule has 0 saturated carbocycles. The van der Waals surface area contributed by atoms with Crippen molar-refractivity contribution in [2.45, 2.75) is 26.2 Å². The topological polar surface area (TPSA) is 84.3 Å². The Morgan fingerprint density at radius 3 is 2.45 bits per heavy atom. The molecule has 0 aromatic heterocycles. The fourth-order valence-electron chi connectivity index (χ4n) is 1.86. The molecule has 0 fully saturated rings. The van der Waals surface area contributed by atoms with Crippen LogP contribution in [0.3, 0.4) is 0 Å². The van der Waals surface area contributed by atoms with Gasteiger partial charge < -0.3 is 10.6 Å². The van der Waals surface area contributed by atoms with Gasteiger partial charge in [0, 0.05) is 30.3 Å². The van der Waals surface area contributed by atoms with Crippen LogP contribution in [0, 0.1) is 10.1 Å². The van der Waals surface area contributed by atoms with E-state index >= 15 is 0 Å². The van der Waals surface area contributed by atoms with Crippen molar-refractivity contribution in [2.75, 3.05) is 20.1 Å². The third kappa shape index (κ3) is 4.03. The van der Waals surface area contributed by atoms with Crippen LogP contribution in [0.5, 0.6) is 0 Å². The molecule has 0 heterocycles. The highest BCUT2D eigenvalue weighted by atomic mass is 16.6. The van der Waals surface area contributed by atoms with Gasteiger partial charge in [-0.15, -0.1) is 0 Å². The van der Waals surface area contributed by atoms with E-state index in [1.807, 2.05) is 20.8 Å². The van der Waals surface area contributed by atoms with Crippen LogP contribution < -0.4 is 10.6 Å². The lowest BCUT2D eigenvalue weighted by Crippen LogP contribution is -2.30. The molecule has 1 aromatic carbocycles. The number of nitrogens with one attached hydrogen (secondary N) is 2. The monoisotopic (exact) mass is 279 g/mol. The molecule has 6 heteroatoms. The van der Waals surface area contributed by atoms with E-state index in [1.165, 1.54) is 6.07 Å². The summed E-state index contributed by atoms with van der Waals surface area (Å²) in [7, 11) is 1.79. The second-order valence-electron chi connectivity index (χ2n) is 5.60. The predicted molar refractivity (Wildman–Crippen MR) is 78.1 cm³/mol. The normalized spacial score (nSPS) is 11.2. The van der Waals surface area contributed by atoms with Gasteiger partial charge in [-0.3, -0.25) is 14.9 Å². The molecule has 0 aliphatic rings. The summed E-state index contributed by atoms with van der Waals surface area (Å²) in [5, 5.41) is 16.8. The number of hydrogen-bond acceptors (Lipinski definition) is 4. The first-order valence-corrected chi connectivity index (χ1v) is 6.49. The Balaban J connectivity index is 3.05. The molecule has 0 atom stereocenters. The van der Waals surface area contributed by atoms with E-state index in [-0.39, 0.29) is 17.0 Å². The van der Waals surface area contributed by atoms with Gasteiger partial charge in [0.25, 0.3) is 11.6 Å². The molecule has 6 nitrogen and oxygen atoms in total. The van der Waals surface area contributed by atoms with Gasteiger partial charge in [0.1, 0.15) is 0 Å². The van der Waals surface area contributed by atoms with Crippen molar-refractivity contribution in [3.63, 3.8) is 0 Å². The molecule has 1 rings (SSSR count). The number of nitro benzene ring substituents is 1. The first kappa shape index (κ1) is 16.1. The number of likely N-dealkylation sites (N-methyl/N-ethyl adjacent to an activating group) is 1. The molecular formula is C14H21N3O3. The van der Waals surface area contributed by atoms with Crippen LogP contribution in [0.1, 0.15) is 36.7 Å². The zero-order valence-electron chi connectivity index (χ0n) is 12.3. The standard InChI is InChI=1S/C14H21N3O3/c1-14(2,3)11-6-5-10(9-12(11)17(19)20)13(18)16-8-7-15-4/h5-6,9,15H,7-8H2,1-4H3,(H,16,18). The highest BCUT2D eigenvalue weighted by Crippen LogP contribution is 2.31. The maximum atomic E-state index is 11.9. The highest BCUT2D eigenvalue weighted by molar-refractivity contribution is 5.95. The molecular weight excluding hydrogens is 258 g/mol. The van der Waals surface area contributed by atoms with Crippen molar-refractivity contribution in [1.29, 1.82) is 0 Å². The Morgan fingerprint density at radius 1 is 1.30 bits per heavy atom. The molecule has 0 saturated heterocycles. The summed E-state index contributed by atoms with van der Waals surface area (Å²) < 4.78 is 0. The molecule has 110 valence electrons. The summed E-state index contributed by atoms with van der Waals surface area (Å²) in [4.78, 5) is 22.6. The van der Waals surface area contributed by atoms with Gasteiger partial charge in [-0.1, -0.05) is 26.8 Å². The first-order chi connectivity index (χ1) is 9.27. The summed E-state index contributed by atoms with van der Waals surface area (Å²) in [5.41, 5.74) is 0.567. The van der Waals surface area contributed by atoms with E-state index in [1.54, 1.807) is 19.2 Å². The fraction of sp³-hybridized carbons (Fsp3) is 0.500. The lowest BCUT2D eigenvalue weighted by Gasteiger charge is -2.19. The number of amides is 1. The van der Waals surface area contributed by atoms with Crippen LogP contribution in [0.4, 0.5) is 5.69 Å². The molecule has 0 spiro atoms. The largest absolute Gasteiger partial charge is 0.351 e. The fourth-order valence-corrected chi connectivity index (χ4v) is 1.86. The van der Waals surface area contributed by atoms with Crippen molar-refractivity contribution >= 4 is 11.6 Å². The Bertz CT molecular complexity index is 507. The minimum atomic E-state index is -0.440. The highest BCUT2D eigenvalue weighted by Gasteiger charge is 2.25. The van der Waals surface area contributed by atoms with Crippen LogP contribution in [0.15, 0.2) is 18.2 Å². The number of benzene rings is 1. The average Bonchev–Trinajstić information content (AvgIpc) is 2.37. The van der Waals surface area contributed by atoms with E-state index in [2.05, 4.69) is 10.6 Å². The number of nitro groups is 1. The molecule has 0 aliphatic heterocycles. The third-order valence-electron chi connectivity index (χ3n) is 2.93. The number of rotatable bonds is 5. The summed E-state index contributed by atoms with van der Waals surface area (Å²) in [6.07, 6.45) is 0. The number of carbonyl (C=O) groups excluding carboxylic acids is 1. The molecule has 1 aromatic rings. The van der Waals surface area contributed by atoms with Crippen LogP contribution in [0.2, 0.25) is 0 Å². The maximum Gasteiger partial charge on any atom is 0.273 e. The molecule has 20 heavy (non-hydrogen) atoms. The number of hydrogen-bond donors (Lipinski definition) is 2. The molecule has 0 bridgehead atoms. The Kier molecular flexibility index (Phi) is 5.21. The Morgan fingerprint density at radius 2 is 1.95 bits per heavy atom. The van der Waals surface area contributed by atoms with Gasteiger partial charge >= 0.3 is 0 Å². The first-order valence-electron chi connectivity index (χ1n) is 6.49. The van der Waals surface area contributed by atoms with Crippen molar-refractivity contribution in [3.05, 3.63) is 39.4 Å². The van der Waals surface area contributed by atoms with Crippen LogP contribution in [-0.4, -0.2) is 31.0 Å². The SMILES string of the molecule is CNCCNC(=O)c1ccc(C(C)(C)C)c([N+](=O)[O-])c1. The third-order valence-corrected chi connectivity index (χ3v) is 2.93. The lowest BCUT2D eigenvalue weighted by molar-refractivity contribution is -0.386. The van der Waals surface area contributed by atoms with Gasteiger partial charge in [-0.2, -0.15) is 0 Å². The second-order valence-corrected chi connectivity index (χ2v) is 5.60. The Hall–Kier alpha value is -1.95. The lowest BCUT2D eigenvalue weighted by atomic mass is 9.85. The van der Waals surface area contributed by atoms with E-state index in [0.29, 0.717) is 24.2 Å². The second kappa shape index (κ2) is 6.47. The van der Waals surface area contributed by atoms with Gasteiger partial charge in [0.2, 0.25) is 0 Å². The van der Waals surface area contributed by atoms with Crippen LogP contribution in [-0.2, 0) is 5.41 Å². The Labute approximate surface area is 118 Å². The summed E-state index contributed by atoms with van der Waals surface area (Å²) in [6, 6.07) is 4.63. The quantitative estimate of drug-likeness (QED) is 0.489. The van der Waals surface area contributed by atoms with Crippen LogP contribution in [0.25, 0.3) is 0 Å². The molecule has 0 unspecified atom stereocenters. The molecule has 0 radical (unpaired) electrons. The average molecular weight is 279 g/mol. The number of carbonyl (C=O) groups is 1. The van der Waals surface area contributed by atoms with Crippen molar-refractivity contribution in [3.8, 4) is 0 Å². The van der Waals surface area contributed by atoms with Gasteiger partial charge in [-0.25, -0.2) is 0 Å². The maximum absolute atomic E-state index is 11.9. The van der Waals surface area contributed by atoms with Crippen molar-refractivity contribution < 1.29 is 9.72 Å². The molecule has 0 aliphatic carbocycles. The van der Waals surface area contributed by atoms with Gasteiger partial charge in [-0.05, 0) is 18.5 Å². The smallest absolute Gasteiger partial charge is 0.273 e. The zero-order valence-corrected chi connectivity index (χ0v) is 12.3. The predicted octanol–water partition coefficient (Wildman–Crippen LogP) is 1.84. The zero-order chi connectivity index (χ0) is 15.3. The van der Waals surface area contributed by atoms with E-state index in [4.69, 9.17) is 0 Å². The van der Waals surface area contributed by atoms with Gasteiger partial charge in [0.15, 0.2) is 0 Å². The van der Waals surface area contributed by atoms with E-state index in [9.17, 15) is 14.9 Å². The van der Waals surface area contributed by atoms with Crippen molar-refractivity contribution in [2.24, 2.45) is 0 Å². The number of nitrogens with zero attached hydrogens (tertiary/aromatic N) is 1. The van der Waals surface area contributed by atoms with Gasteiger partial charge in [0.05, 0.1) is 4.92 Å². The van der Waals surface area contributed by atoms with E-state index < -0.39 is 4.92 Å². The summed E-state index contributed by atoms with van der Waals surface area (Å²) in [5.74, 6) is -0.302. The minimum absolute atomic E-state index is 0.0150. The summed E-state index contributed by atoms with van der Waals surface area (Å²) in [6.45, 7) is 6.84. The van der Waals surface area contributed by atoms with Crippen LogP contribution >= 0.6 is 0 Å². The van der Waals surface area contributed by atoms with Crippen molar-refractivity contribution in [1.82, 2.24) is 10.6 Å². The molecule has 1 amide bonds.